The van der Waals surface area contributed by atoms with E-state index in [0.29, 0.717) is 35.1 Å². The van der Waals surface area contributed by atoms with Crippen molar-refractivity contribution in [2.45, 2.75) is 39.2 Å². The van der Waals surface area contributed by atoms with Crippen molar-refractivity contribution in [2.75, 3.05) is 0 Å². The van der Waals surface area contributed by atoms with Crippen molar-refractivity contribution in [3.8, 4) is 0 Å². The van der Waals surface area contributed by atoms with Gasteiger partial charge in [-0.3, -0.25) is 9.59 Å². The van der Waals surface area contributed by atoms with Gasteiger partial charge in [0.15, 0.2) is 6.04 Å². The van der Waals surface area contributed by atoms with Crippen LogP contribution < -0.4 is 10.9 Å². The number of fused-ring (bicyclic) bond motifs is 1. The van der Waals surface area contributed by atoms with E-state index in [1.807, 2.05) is 26.0 Å². The predicted molar refractivity (Wildman–Crippen MR) is 110 cm³/mol. The van der Waals surface area contributed by atoms with E-state index in [4.69, 9.17) is 0 Å². The lowest BCUT2D eigenvalue weighted by atomic mass is 10.0. The van der Waals surface area contributed by atoms with E-state index in [2.05, 4.69) is 15.3 Å². The Morgan fingerprint density at radius 2 is 1.83 bits per heavy atom. The Bertz CT molecular complexity index is 1100. The van der Waals surface area contributed by atoms with Crippen LogP contribution in [0.1, 0.15) is 41.4 Å². The van der Waals surface area contributed by atoms with E-state index in [-0.39, 0.29) is 17.9 Å². The fourth-order valence-corrected chi connectivity index (χ4v) is 3.37. The third kappa shape index (κ3) is 5.07. The molecular weight excluding hydrogens is 370 g/mol. The number of aromatic amines is 1. The zero-order valence-electron chi connectivity index (χ0n) is 16.4. The number of aryl methyl sites for hydroxylation is 3. The molecule has 0 radical (unpaired) electrons. The Kier molecular flexibility index (Phi) is 6.07. The van der Waals surface area contributed by atoms with Crippen molar-refractivity contribution >= 4 is 22.8 Å². The van der Waals surface area contributed by atoms with Crippen molar-refractivity contribution in [1.29, 1.82) is 0 Å². The normalized spacial score (nSPS) is 11.9. The fourth-order valence-electron chi connectivity index (χ4n) is 3.37. The molecule has 0 fully saturated rings. The minimum absolute atomic E-state index is 0.130. The number of nitrogens with one attached hydrogen (secondary N) is 2. The quantitative estimate of drug-likeness (QED) is 0.571. The standard InChI is InChI=1S/C22H23N3O4/c1-13-10-14(2)12-15(11-13)20(22(28)29)25-19(26)9-5-8-18-23-17-7-4-3-6-16(17)21(27)24-18/h3-4,6-7,10-12,20H,5,8-9H2,1-2H3,(H,25,26)(H,28,29)(H,23,24,27). The van der Waals surface area contributed by atoms with Gasteiger partial charge in [0.05, 0.1) is 10.9 Å². The van der Waals surface area contributed by atoms with Gasteiger partial charge in [0, 0.05) is 12.8 Å². The molecule has 0 saturated carbocycles. The summed E-state index contributed by atoms with van der Waals surface area (Å²) < 4.78 is 0. The molecule has 1 atom stereocenters. The summed E-state index contributed by atoms with van der Waals surface area (Å²) in [7, 11) is 0. The van der Waals surface area contributed by atoms with Crippen molar-refractivity contribution in [3.63, 3.8) is 0 Å². The number of carboxylic acid groups (broad SMARTS) is 1. The van der Waals surface area contributed by atoms with Gasteiger partial charge in [-0.1, -0.05) is 41.5 Å². The molecule has 3 N–H and O–H groups in total. The van der Waals surface area contributed by atoms with E-state index >= 15 is 0 Å². The molecular formula is C22H23N3O4. The lowest BCUT2D eigenvalue weighted by Gasteiger charge is -2.16. The number of para-hydroxylation sites is 1. The maximum absolute atomic E-state index is 12.3. The van der Waals surface area contributed by atoms with Crippen LogP contribution in [0, 0.1) is 13.8 Å². The van der Waals surface area contributed by atoms with Crippen LogP contribution in [0.4, 0.5) is 0 Å². The van der Waals surface area contributed by atoms with E-state index in [1.165, 1.54) is 0 Å². The molecule has 0 aliphatic heterocycles. The Balaban J connectivity index is 1.63. The Labute approximate surface area is 167 Å². The van der Waals surface area contributed by atoms with Gasteiger partial charge in [0.1, 0.15) is 5.82 Å². The highest BCUT2D eigenvalue weighted by Crippen LogP contribution is 2.18. The predicted octanol–water partition coefficient (Wildman–Crippen LogP) is 2.80. The Morgan fingerprint density at radius 1 is 1.14 bits per heavy atom. The number of carboxylic acids is 1. The molecule has 150 valence electrons. The van der Waals surface area contributed by atoms with E-state index in [9.17, 15) is 19.5 Å². The lowest BCUT2D eigenvalue weighted by molar-refractivity contribution is -0.142. The van der Waals surface area contributed by atoms with Gasteiger partial charge in [-0.15, -0.1) is 0 Å². The fraction of sp³-hybridized carbons (Fsp3) is 0.273. The smallest absolute Gasteiger partial charge is 0.330 e. The van der Waals surface area contributed by atoms with Crippen molar-refractivity contribution < 1.29 is 14.7 Å². The number of aliphatic carboxylic acids is 1. The summed E-state index contributed by atoms with van der Waals surface area (Å²) in [6, 6.07) is 11.4. The van der Waals surface area contributed by atoms with Crippen molar-refractivity contribution in [2.24, 2.45) is 0 Å². The van der Waals surface area contributed by atoms with Crippen LogP contribution in [0.25, 0.3) is 10.9 Å². The summed E-state index contributed by atoms with van der Waals surface area (Å²) in [4.78, 5) is 43.2. The zero-order valence-corrected chi connectivity index (χ0v) is 16.4. The Morgan fingerprint density at radius 3 is 2.52 bits per heavy atom. The van der Waals surface area contributed by atoms with Crippen LogP contribution in [0.2, 0.25) is 0 Å². The summed E-state index contributed by atoms with van der Waals surface area (Å²) in [6.45, 7) is 3.77. The van der Waals surface area contributed by atoms with Crippen molar-refractivity contribution in [1.82, 2.24) is 15.3 Å². The highest BCUT2D eigenvalue weighted by molar-refractivity contribution is 5.84. The molecule has 3 aromatic rings. The van der Waals surface area contributed by atoms with Gasteiger partial charge >= 0.3 is 5.97 Å². The number of aromatic nitrogens is 2. The van der Waals surface area contributed by atoms with Gasteiger partial charge in [-0.25, -0.2) is 9.78 Å². The third-order valence-electron chi connectivity index (χ3n) is 4.61. The summed E-state index contributed by atoms with van der Waals surface area (Å²) in [6.07, 6.45) is 0.978. The summed E-state index contributed by atoms with van der Waals surface area (Å²) >= 11 is 0. The zero-order chi connectivity index (χ0) is 21.0. The first-order valence-electron chi connectivity index (χ1n) is 9.42. The first-order valence-corrected chi connectivity index (χ1v) is 9.42. The molecule has 1 heterocycles. The molecule has 1 unspecified atom stereocenters. The third-order valence-corrected chi connectivity index (χ3v) is 4.61. The van der Waals surface area contributed by atoms with Crippen LogP contribution in [-0.4, -0.2) is 27.0 Å². The highest BCUT2D eigenvalue weighted by atomic mass is 16.4. The molecule has 7 heteroatoms. The second-order valence-electron chi connectivity index (χ2n) is 7.14. The topological polar surface area (TPSA) is 112 Å². The van der Waals surface area contributed by atoms with E-state index in [0.717, 1.165) is 11.1 Å². The first kappa shape index (κ1) is 20.3. The lowest BCUT2D eigenvalue weighted by Crippen LogP contribution is -2.33. The molecule has 0 aliphatic rings. The van der Waals surface area contributed by atoms with Crippen molar-refractivity contribution in [3.05, 3.63) is 75.3 Å². The molecule has 0 saturated heterocycles. The molecule has 2 aromatic carbocycles. The number of amides is 1. The molecule has 0 spiro atoms. The number of H-pyrrole nitrogens is 1. The first-order chi connectivity index (χ1) is 13.8. The van der Waals surface area contributed by atoms with Gasteiger partial charge in [-0.2, -0.15) is 0 Å². The minimum atomic E-state index is -1.11. The summed E-state index contributed by atoms with van der Waals surface area (Å²) in [5.41, 5.74) is 2.81. The average molecular weight is 393 g/mol. The largest absolute Gasteiger partial charge is 0.479 e. The highest BCUT2D eigenvalue weighted by Gasteiger charge is 2.22. The number of carbonyl (C=O) groups is 2. The van der Waals surface area contributed by atoms with Crippen LogP contribution in [0.3, 0.4) is 0 Å². The van der Waals surface area contributed by atoms with E-state index < -0.39 is 12.0 Å². The maximum Gasteiger partial charge on any atom is 0.330 e. The van der Waals surface area contributed by atoms with Gasteiger partial charge in [-0.05, 0) is 38.0 Å². The van der Waals surface area contributed by atoms with Gasteiger partial charge in [0.25, 0.3) is 5.56 Å². The number of hydrogen-bond acceptors (Lipinski definition) is 4. The molecule has 29 heavy (non-hydrogen) atoms. The second kappa shape index (κ2) is 8.68. The number of nitrogens with zero attached hydrogens (tertiary/aromatic N) is 1. The molecule has 3 rings (SSSR count). The molecule has 0 aliphatic carbocycles. The Hall–Kier alpha value is -3.48. The number of benzene rings is 2. The minimum Gasteiger partial charge on any atom is -0.479 e. The van der Waals surface area contributed by atoms with Crippen LogP contribution in [0.15, 0.2) is 47.3 Å². The van der Waals surface area contributed by atoms with Crippen LogP contribution in [0.5, 0.6) is 0 Å². The summed E-state index contributed by atoms with van der Waals surface area (Å²) in [5, 5.41) is 12.6. The van der Waals surface area contributed by atoms with Crippen LogP contribution in [-0.2, 0) is 16.0 Å². The second-order valence-corrected chi connectivity index (χ2v) is 7.14. The van der Waals surface area contributed by atoms with E-state index in [1.54, 1.807) is 30.3 Å². The summed E-state index contributed by atoms with van der Waals surface area (Å²) in [5.74, 6) is -0.964. The number of carbonyl (C=O) groups excluding carboxylic acids is 1. The van der Waals surface area contributed by atoms with Gasteiger partial charge in [0.2, 0.25) is 5.91 Å². The number of hydrogen-bond donors (Lipinski definition) is 3. The number of rotatable bonds is 7. The maximum atomic E-state index is 12.3. The monoisotopic (exact) mass is 393 g/mol. The molecule has 7 nitrogen and oxygen atoms in total. The van der Waals surface area contributed by atoms with Crippen LogP contribution >= 0.6 is 0 Å². The van der Waals surface area contributed by atoms with Gasteiger partial charge < -0.3 is 15.4 Å². The molecule has 1 aromatic heterocycles. The molecule has 0 bridgehead atoms. The molecule has 1 amide bonds. The SMILES string of the molecule is Cc1cc(C)cc(C(NC(=O)CCCc2nc3ccccc3c(=O)[nH]2)C(=O)O)c1. The average Bonchev–Trinajstić information content (AvgIpc) is 2.65.